The van der Waals surface area contributed by atoms with Gasteiger partial charge in [0.1, 0.15) is 5.82 Å². The molecule has 7 heteroatoms. The fourth-order valence-electron chi connectivity index (χ4n) is 1.35. The molecule has 0 amide bonds. The molecule has 4 nitrogen and oxygen atoms in total. The van der Waals surface area contributed by atoms with Gasteiger partial charge in [-0.1, -0.05) is 0 Å². The first-order valence-corrected chi connectivity index (χ1v) is 7.79. The van der Waals surface area contributed by atoms with Gasteiger partial charge in [-0.05, 0) is 54.9 Å². The second-order valence-electron chi connectivity index (χ2n) is 4.31. The van der Waals surface area contributed by atoms with Gasteiger partial charge in [-0.25, -0.2) is 12.8 Å². The molecule has 0 radical (unpaired) electrons. The van der Waals surface area contributed by atoms with Crippen molar-refractivity contribution in [3.05, 3.63) is 28.5 Å². The van der Waals surface area contributed by atoms with Crippen LogP contribution in [0.1, 0.15) is 20.8 Å². The van der Waals surface area contributed by atoms with E-state index in [1.165, 1.54) is 13.8 Å². The van der Waals surface area contributed by atoms with Crippen LogP contribution in [0.2, 0.25) is 0 Å². The van der Waals surface area contributed by atoms with Crippen molar-refractivity contribution >= 4 is 31.7 Å². The van der Waals surface area contributed by atoms with Crippen LogP contribution in [0, 0.1) is 5.82 Å². The van der Waals surface area contributed by atoms with Gasteiger partial charge in [0.25, 0.3) is 0 Å². The first-order chi connectivity index (χ1) is 8.64. The first kappa shape index (κ1) is 16.1. The van der Waals surface area contributed by atoms with Gasteiger partial charge in [-0.2, -0.15) is 0 Å². The average Bonchev–Trinajstić information content (AvgIpc) is 2.32. The van der Waals surface area contributed by atoms with Crippen LogP contribution < -0.4 is 0 Å². The molecule has 106 valence electrons. The molecule has 1 aromatic carbocycles. The highest BCUT2D eigenvalue weighted by atomic mass is 79.9. The van der Waals surface area contributed by atoms with Crippen LogP contribution in [0.4, 0.5) is 4.39 Å². The van der Waals surface area contributed by atoms with Crippen LogP contribution in [0.25, 0.3) is 0 Å². The van der Waals surface area contributed by atoms with Crippen LogP contribution in [0.15, 0.2) is 27.6 Å². The van der Waals surface area contributed by atoms with E-state index in [0.29, 0.717) is 0 Å². The van der Waals surface area contributed by atoms with Crippen LogP contribution in [-0.2, 0) is 19.4 Å². The fraction of sp³-hybridized carbons (Fsp3) is 0.417. The van der Waals surface area contributed by atoms with Crippen molar-refractivity contribution < 1.29 is 22.3 Å². The topological polar surface area (TPSA) is 60.4 Å². The van der Waals surface area contributed by atoms with E-state index in [9.17, 15) is 17.6 Å². The highest BCUT2D eigenvalue weighted by Crippen LogP contribution is 2.29. The lowest BCUT2D eigenvalue weighted by molar-refractivity contribution is -0.145. The minimum atomic E-state index is -3.97. The van der Waals surface area contributed by atoms with Gasteiger partial charge in [0.2, 0.25) is 0 Å². The molecule has 0 bridgehead atoms. The summed E-state index contributed by atoms with van der Waals surface area (Å²) in [6.45, 7) is 4.20. The lowest BCUT2D eigenvalue weighted by atomic mass is 10.2. The molecule has 0 unspecified atom stereocenters. The van der Waals surface area contributed by atoms with Crippen LogP contribution in [0.3, 0.4) is 0 Å². The second kappa shape index (κ2) is 5.58. The highest BCUT2D eigenvalue weighted by Gasteiger charge is 2.44. The third-order valence-corrected chi connectivity index (χ3v) is 5.63. The van der Waals surface area contributed by atoms with Gasteiger partial charge in [-0.15, -0.1) is 0 Å². The van der Waals surface area contributed by atoms with Crippen LogP contribution in [-0.4, -0.2) is 25.7 Å². The Hall–Kier alpha value is -0.950. The van der Waals surface area contributed by atoms with Gasteiger partial charge >= 0.3 is 5.97 Å². The van der Waals surface area contributed by atoms with E-state index in [4.69, 9.17) is 4.74 Å². The Morgan fingerprint density at radius 3 is 2.47 bits per heavy atom. The molecule has 1 rings (SSSR count). The maximum absolute atomic E-state index is 13.1. The molecule has 19 heavy (non-hydrogen) atoms. The summed E-state index contributed by atoms with van der Waals surface area (Å²) in [4.78, 5) is 11.6. The largest absolute Gasteiger partial charge is 0.465 e. The predicted octanol–water partition coefficient (Wildman–Crippen LogP) is 2.70. The number of carbonyl (C=O) groups excluding carboxylic acids is 1. The minimum Gasteiger partial charge on any atom is -0.465 e. The van der Waals surface area contributed by atoms with E-state index in [-0.39, 0.29) is 16.0 Å². The normalized spacial score (nSPS) is 12.3. The molecule has 0 aliphatic rings. The van der Waals surface area contributed by atoms with Gasteiger partial charge < -0.3 is 4.74 Å². The lowest BCUT2D eigenvalue weighted by Crippen LogP contribution is -2.42. The van der Waals surface area contributed by atoms with Crippen molar-refractivity contribution in [1.29, 1.82) is 0 Å². The maximum atomic E-state index is 13.1. The van der Waals surface area contributed by atoms with E-state index in [1.54, 1.807) is 6.92 Å². The molecule has 0 saturated heterocycles. The van der Waals surface area contributed by atoms with E-state index in [0.717, 1.165) is 18.2 Å². The van der Waals surface area contributed by atoms with Crippen molar-refractivity contribution in [3.63, 3.8) is 0 Å². The molecule has 0 aliphatic carbocycles. The zero-order chi connectivity index (χ0) is 14.8. The number of hydrogen-bond donors (Lipinski definition) is 0. The molecular weight excluding hydrogens is 339 g/mol. The van der Waals surface area contributed by atoms with Gasteiger partial charge in [-0.3, -0.25) is 4.79 Å². The lowest BCUT2D eigenvalue weighted by Gasteiger charge is -2.22. The Morgan fingerprint density at radius 1 is 1.42 bits per heavy atom. The van der Waals surface area contributed by atoms with Gasteiger partial charge in [0.15, 0.2) is 14.6 Å². The van der Waals surface area contributed by atoms with Crippen molar-refractivity contribution in [2.45, 2.75) is 30.4 Å². The summed E-state index contributed by atoms with van der Waals surface area (Å²) in [5.74, 6) is -1.41. The van der Waals surface area contributed by atoms with Crippen molar-refractivity contribution in [1.82, 2.24) is 0 Å². The monoisotopic (exact) mass is 352 g/mol. The first-order valence-electron chi connectivity index (χ1n) is 5.51. The zero-order valence-electron chi connectivity index (χ0n) is 10.7. The molecule has 0 aromatic heterocycles. The summed E-state index contributed by atoms with van der Waals surface area (Å²) in [7, 11) is -3.97. The summed E-state index contributed by atoms with van der Waals surface area (Å²) in [5.41, 5.74) is 0. The summed E-state index contributed by atoms with van der Waals surface area (Å²) >= 11 is 2.92. The predicted molar refractivity (Wildman–Crippen MR) is 72.0 cm³/mol. The van der Waals surface area contributed by atoms with Crippen molar-refractivity contribution in [2.24, 2.45) is 0 Å². The summed E-state index contributed by atoms with van der Waals surface area (Å²) in [6, 6.07) is 3.28. The number of esters is 1. The molecule has 0 atom stereocenters. The van der Waals surface area contributed by atoms with Crippen LogP contribution in [0.5, 0.6) is 0 Å². The minimum absolute atomic E-state index is 0.0215. The Kier molecular flexibility index (Phi) is 4.73. The molecule has 0 N–H and O–H groups in total. The smallest absolute Gasteiger partial charge is 0.327 e. The van der Waals surface area contributed by atoms with Crippen molar-refractivity contribution in [3.8, 4) is 0 Å². The summed E-state index contributed by atoms with van der Waals surface area (Å²) in [5, 5.41) is 0. The molecule has 1 aromatic rings. The molecule has 0 saturated carbocycles. The Bertz CT molecular complexity index is 596. The van der Waals surface area contributed by atoms with E-state index in [1.807, 2.05) is 0 Å². The molecule has 0 spiro atoms. The fourth-order valence-corrected chi connectivity index (χ4v) is 3.27. The average molecular weight is 353 g/mol. The number of sulfone groups is 1. The molecule has 0 fully saturated rings. The summed E-state index contributed by atoms with van der Waals surface area (Å²) < 4.78 is 41.0. The second-order valence-corrected chi connectivity index (χ2v) is 7.66. The Morgan fingerprint density at radius 2 is 2.00 bits per heavy atom. The zero-order valence-corrected chi connectivity index (χ0v) is 13.1. The van der Waals surface area contributed by atoms with Gasteiger partial charge in [0.05, 0.1) is 16.0 Å². The SMILES string of the molecule is CCOC(=O)C(C)(C)S(=O)(=O)c1ccc(F)c(Br)c1. The summed E-state index contributed by atoms with van der Waals surface area (Å²) in [6.07, 6.45) is 0. The van der Waals surface area contributed by atoms with E-state index in [2.05, 4.69) is 15.9 Å². The molecule has 0 aliphatic heterocycles. The number of benzene rings is 1. The van der Waals surface area contributed by atoms with E-state index >= 15 is 0 Å². The number of hydrogen-bond acceptors (Lipinski definition) is 4. The Labute approximate surface area is 120 Å². The number of ether oxygens (including phenoxy) is 1. The number of rotatable bonds is 4. The van der Waals surface area contributed by atoms with Crippen molar-refractivity contribution in [2.75, 3.05) is 6.61 Å². The quantitative estimate of drug-likeness (QED) is 0.617. The van der Waals surface area contributed by atoms with Gasteiger partial charge in [0, 0.05) is 0 Å². The molecular formula is C12H14BrFO4S. The third-order valence-electron chi connectivity index (χ3n) is 2.64. The third kappa shape index (κ3) is 2.97. The maximum Gasteiger partial charge on any atom is 0.327 e. The van der Waals surface area contributed by atoms with E-state index < -0.39 is 26.4 Å². The number of halogens is 2. The Balaban J connectivity index is 3.30. The standard InChI is InChI=1S/C12H14BrFO4S/c1-4-18-11(15)12(2,3)19(16,17)8-5-6-10(14)9(13)7-8/h5-7H,4H2,1-3H3. The number of carbonyl (C=O) groups is 1. The highest BCUT2D eigenvalue weighted by molar-refractivity contribution is 9.10. The van der Waals surface area contributed by atoms with Crippen LogP contribution >= 0.6 is 15.9 Å². The molecule has 0 heterocycles.